The van der Waals surface area contributed by atoms with Crippen LogP contribution in [0.5, 0.6) is 0 Å². The van der Waals surface area contributed by atoms with E-state index in [-0.39, 0.29) is 36.2 Å². The normalized spacial score (nSPS) is 30.3. The molecule has 2 bridgehead atoms. The molecule has 5 nitrogen and oxygen atoms in total. The van der Waals surface area contributed by atoms with E-state index in [1.165, 1.54) is 0 Å². The van der Waals surface area contributed by atoms with Gasteiger partial charge in [-0.05, 0) is 56.7 Å². The van der Waals surface area contributed by atoms with Gasteiger partial charge in [-0.2, -0.15) is 18.2 Å². The predicted molar refractivity (Wildman–Crippen MR) is 99.0 cm³/mol. The lowest BCUT2D eigenvalue weighted by Gasteiger charge is -2.31. The maximum atomic E-state index is 14.4. The largest absolute Gasteiger partial charge is 0.410 e. The van der Waals surface area contributed by atoms with Gasteiger partial charge in [0.2, 0.25) is 5.95 Å². The molecule has 3 heterocycles. The molecule has 1 aliphatic carbocycles. The predicted octanol–water partition coefficient (Wildman–Crippen LogP) is 4.13. The Morgan fingerprint density at radius 2 is 1.68 bits per heavy atom. The van der Waals surface area contributed by atoms with E-state index in [1.807, 2.05) is 0 Å². The zero-order valence-electron chi connectivity index (χ0n) is 16.4. The van der Waals surface area contributed by atoms with Crippen molar-refractivity contribution in [2.45, 2.75) is 49.9 Å². The van der Waals surface area contributed by atoms with Gasteiger partial charge in [-0.25, -0.2) is 17.9 Å². The Kier molecular flexibility index (Phi) is 4.91. The number of alkyl halides is 3. The smallest absolute Gasteiger partial charge is 0.350 e. The average molecular weight is 445 g/mol. The first-order valence-corrected chi connectivity index (χ1v) is 10.4. The number of benzene rings is 1. The summed E-state index contributed by atoms with van der Waals surface area (Å²) in [5, 5.41) is 10.6. The van der Waals surface area contributed by atoms with Gasteiger partial charge in [0, 0.05) is 17.5 Å². The Hall–Kier alpha value is -2.30. The van der Waals surface area contributed by atoms with Crippen molar-refractivity contribution in [3.63, 3.8) is 0 Å². The van der Waals surface area contributed by atoms with Crippen LogP contribution < -0.4 is 10.6 Å². The quantitative estimate of drug-likeness (QED) is 0.551. The molecule has 5 atom stereocenters. The van der Waals surface area contributed by atoms with Gasteiger partial charge >= 0.3 is 6.18 Å². The van der Waals surface area contributed by atoms with Crippen LogP contribution in [0.4, 0.5) is 32.3 Å². The van der Waals surface area contributed by atoms with Gasteiger partial charge in [0.05, 0.1) is 0 Å². The summed E-state index contributed by atoms with van der Waals surface area (Å²) < 4.78 is 83.3. The van der Waals surface area contributed by atoms with Crippen LogP contribution >= 0.6 is 0 Å². The number of nitrogens with zero attached hydrogens (tertiary/aromatic N) is 3. The lowest BCUT2D eigenvalue weighted by Crippen LogP contribution is -2.45. The van der Waals surface area contributed by atoms with Crippen molar-refractivity contribution in [1.29, 1.82) is 0 Å². The van der Waals surface area contributed by atoms with E-state index in [1.54, 1.807) is 0 Å². The van der Waals surface area contributed by atoms with Gasteiger partial charge in [0.15, 0.2) is 17.5 Å². The van der Waals surface area contributed by atoms with Gasteiger partial charge in [0.25, 0.3) is 0 Å². The first-order chi connectivity index (χ1) is 14.7. The molecule has 3 aliphatic rings. The molecule has 11 heteroatoms. The molecular formula is C20H21F6N5. The van der Waals surface area contributed by atoms with Crippen molar-refractivity contribution < 1.29 is 26.3 Å². The van der Waals surface area contributed by atoms with Crippen molar-refractivity contribution in [3.8, 4) is 0 Å². The number of rotatable bonds is 3. The van der Waals surface area contributed by atoms with Gasteiger partial charge in [-0.1, -0.05) is 6.07 Å². The first-order valence-electron chi connectivity index (χ1n) is 10.4. The molecule has 2 aliphatic heterocycles. The molecule has 1 saturated carbocycles. The SMILES string of the molecule is Fc1ccc(C2CCC(C(F)(F)F)n3nc(N[C@@H]4[C@@H]5CC[C@H]4CNC5)nc32)c(F)c1F. The highest BCUT2D eigenvalue weighted by Gasteiger charge is 2.48. The highest BCUT2D eigenvalue weighted by atomic mass is 19.4. The summed E-state index contributed by atoms with van der Waals surface area (Å²) in [4.78, 5) is 4.29. The molecule has 1 aromatic heterocycles. The van der Waals surface area contributed by atoms with Crippen LogP contribution in [0.2, 0.25) is 0 Å². The highest BCUT2D eigenvalue weighted by molar-refractivity contribution is 5.35. The fourth-order valence-corrected chi connectivity index (χ4v) is 5.32. The molecule has 2 aromatic rings. The number of nitrogens with one attached hydrogen (secondary N) is 2. The molecule has 2 N–H and O–H groups in total. The molecule has 0 radical (unpaired) electrons. The number of hydrogen-bond donors (Lipinski definition) is 2. The summed E-state index contributed by atoms with van der Waals surface area (Å²) in [6, 6.07) is -0.0184. The van der Waals surface area contributed by atoms with E-state index in [0.29, 0.717) is 11.8 Å². The minimum atomic E-state index is -4.56. The van der Waals surface area contributed by atoms with E-state index < -0.39 is 35.6 Å². The van der Waals surface area contributed by atoms with Crippen molar-refractivity contribution in [2.24, 2.45) is 11.8 Å². The number of halogens is 6. The van der Waals surface area contributed by atoms with Gasteiger partial charge in [-0.3, -0.25) is 0 Å². The second kappa shape index (κ2) is 7.39. The molecule has 0 spiro atoms. The molecule has 0 amide bonds. The second-order valence-electron chi connectivity index (χ2n) is 8.62. The fourth-order valence-electron chi connectivity index (χ4n) is 5.32. The van der Waals surface area contributed by atoms with E-state index in [0.717, 1.165) is 42.7 Å². The van der Waals surface area contributed by atoms with Crippen molar-refractivity contribution in [1.82, 2.24) is 20.1 Å². The minimum absolute atomic E-state index is 0.0495. The lowest BCUT2D eigenvalue weighted by atomic mass is 9.88. The van der Waals surface area contributed by atoms with Gasteiger partial charge in [0.1, 0.15) is 11.9 Å². The number of aromatic nitrogens is 3. The second-order valence-corrected chi connectivity index (χ2v) is 8.62. The minimum Gasteiger partial charge on any atom is -0.350 e. The number of fused-ring (bicyclic) bond motifs is 3. The Labute approximate surface area is 174 Å². The molecule has 1 saturated heterocycles. The topological polar surface area (TPSA) is 54.8 Å². The van der Waals surface area contributed by atoms with E-state index in [4.69, 9.17) is 0 Å². The molecule has 1 aromatic carbocycles. The van der Waals surface area contributed by atoms with Crippen molar-refractivity contribution >= 4 is 5.95 Å². The van der Waals surface area contributed by atoms with Crippen LogP contribution in [-0.4, -0.2) is 40.1 Å². The summed E-state index contributed by atoms with van der Waals surface area (Å²) in [5.41, 5.74) is -0.221. The zero-order chi connectivity index (χ0) is 21.9. The van der Waals surface area contributed by atoms with Gasteiger partial charge < -0.3 is 10.6 Å². The third kappa shape index (κ3) is 3.46. The summed E-state index contributed by atoms with van der Waals surface area (Å²) in [5.74, 6) is -4.74. The maximum absolute atomic E-state index is 14.4. The zero-order valence-corrected chi connectivity index (χ0v) is 16.4. The summed E-state index contributed by atoms with van der Waals surface area (Å²) in [6.45, 7) is 1.63. The first kappa shape index (κ1) is 20.6. The molecule has 5 rings (SSSR count). The van der Waals surface area contributed by atoms with Crippen LogP contribution in [-0.2, 0) is 0 Å². The molecule has 2 unspecified atom stereocenters. The maximum Gasteiger partial charge on any atom is 0.410 e. The van der Waals surface area contributed by atoms with Crippen LogP contribution in [0.1, 0.15) is 49.0 Å². The van der Waals surface area contributed by atoms with Crippen molar-refractivity contribution in [2.75, 3.05) is 18.4 Å². The fraction of sp³-hybridized carbons (Fsp3) is 0.600. The Morgan fingerprint density at radius 3 is 2.35 bits per heavy atom. The molecule has 2 fully saturated rings. The highest BCUT2D eigenvalue weighted by Crippen LogP contribution is 2.45. The van der Waals surface area contributed by atoms with Crippen LogP contribution in [0, 0.1) is 29.3 Å². The van der Waals surface area contributed by atoms with Crippen LogP contribution in [0.15, 0.2) is 12.1 Å². The van der Waals surface area contributed by atoms with Crippen molar-refractivity contribution in [3.05, 3.63) is 41.0 Å². The number of piperidine rings is 1. The summed E-state index contributed by atoms with van der Waals surface area (Å²) in [7, 11) is 0. The standard InChI is InChI=1S/C20H21F6N5/c21-13-5-3-11(15(22)16(13)23)12-4-6-14(20(24,25)26)31-18(12)29-19(30-31)28-17-9-1-2-10(17)8-27-7-9/h3,5,9-10,12,14,17,27H,1-2,4,6-8H2,(H,28,30)/t9-,10+,12?,14?,17-. The van der Waals surface area contributed by atoms with E-state index in [2.05, 4.69) is 20.7 Å². The van der Waals surface area contributed by atoms with E-state index >= 15 is 0 Å². The van der Waals surface area contributed by atoms with Crippen LogP contribution in [0.25, 0.3) is 0 Å². The lowest BCUT2D eigenvalue weighted by molar-refractivity contribution is -0.175. The third-order valence-electron chi connectivity index (χ3n) is 6.84. The van der Waals surface area contributed by atoms with Gasteiger partial charge in [-0.15, -0.1) is 5.10 Å². The Balaban J connectivity index is 1.53. The Morgan fingerprint density at radius 1 is 0.968 bits per heavy atom. The third-order valence-corrected chi connectivity index (χ3v) is 6.84. The number of hydrogen-bond acceptors (Lipinski definition) is 4. The molecular weight excluding hydrogens is 424 g/mol. The molecule has 31 heavy (non-hydrogen) atoms. The average Bonchev–Trinajstić information content (AvgIpc) is 3.21. The monoisotopic (exact) mass is 445 g/mol. The van der Waals surface area contributed by atoms with E-state index in [9.17, 15) is 26.3 Å². The molecule has 168 valence electrons. The van der Waals surface area contributed by atoms with Crippen LogP contribution in [0.3, 0.4) is 0 Å². The summed E-state index contributed by atoms with van der Waals surface area (Å²) in [6.07, 6.45) is -3.01. The summed E-state index contributed by atoms with van der Waals surface area (Å²) >= 11 is 0. The number of anilines is 1. The Bertz CT molecular complexity index is 973.